The molecular formula is C18H23ClN4O. The number of aromatic nitrogens is 2. The summed E-state index contributed by atoms with van der Waals surface area (Å²) in [4.78, 5) is 10.9. The number of aryl methyl sites for hydroxylation is 2. The number of ether oxygens (including phenoxy) is 1. The maximum atomic E-state index is 6.31. The Morgan fingerprint density at radius 3 is 2.58 bits per heavy atom. The number of rotatable bonds is 3. The molecule has 1 aromatic heterocycles. The monoisotopic (exact) mass is 346 g/mol. The van der Waals surface area contributed by atoms with Gasteiger partial charge in [0.05, 0.1) is 0 Å². The van der Waals surface area contributed by atoms with E-state index in [2.05, 4.69) is 21.8 Å². The fourth-order valence-corrected chi connectivity index (χ4v) is 3.28. The number of nitrogens with two attached hydrogens (primary N) is 1. The lowest BCUT2D eigenvalue weighted by Crippen LogP contribution is -2.38. The molecule has 1 aliphatic rings. The van der Waals surface area contributed by atoms with Gasteiger partial charge in [-0.2, -0.15) is 4.98 Å². The van der Waals surface area contributed by atoms with Gasteiger partial charge in [-0.1, -0.05) is 11.6 Å². The summed E-state index contributed by atoms with van der Waals surface area (Å²) in [5.74, 6) is 1.82. The fraction of sp³-hybridized carbons (Fsp3) is 0.444. The van der Waals surface area contributed by atoms with Crippen LogP contribution in [0.2, 0.25) is 5.02 Å². The van der Waals surface area contributed by atoms with Crippen molar-refractivity contribution in [3.05, 3.63) is 34.6 Å². The number of anilines is 2. The number of nitrogens with zero attached hydrogens (tertiary/aromatic N) is 3. The van der Waals surface area contributed by atoms with Gasteiger partial charge < -0.3 is 15.4 Å². The van der Waals surface area contributed by atoms with E-state index in [1.165, 1.54) is 12.7 Å². The van der Waals surface area contributed by atoms with Crippen molar-refractivity contribution >= 4 is 23.1 Å². The van der Waals surface area contributed by atoms with Gasteiger partial charge >= 0.3 is 0 Å². The van der Waals surface area contributed by atoms with Crippen molar-refractivity contribution in [1.82, 2.24) is 9.97 Å². The molecule has 0 radical (unpaired) electrons. The van der Waals surface area contributed by atoms with E-state index in [1.807, 2.05) is 26.0 Å². The second-order valence-electron chi connectivity index (χ2n) is 6.43. The Morgan fingerprint density at radius 2 is 1.92 bits per heavy atom. The highest BCUT2D eigenvalue weighted by molar-refractivity contribution is 6.32. The minimum absolute atomic E-state index is 0.388. The summed E-state index contributed by atoms with van der Waals surface area (Å²) in [5, 5.41) is 0.751. The molecule has 2 aromatic rings. The second-order valence-corrected chi connectivity index (χ2v) is 6.81. The number of benzene rings is 1. The Kier molecular flexibility index (Phi) is 4.81. The zero-order valence-electron chi connectivity index (χ0n) is 14.3. The Balaban J connectivity index is 1.91. The number of hydrogen-bond donors (Lipinski definition) is 1. The molecule has 128 valence electrons. The third-order valence-electron chi connectivity index (χ3n) is 4.53. The van der Waals surface area contributed by atoms with Crippen molar-refractivity contribution < 1.29 is 4.74 Å². The van der Waals surface area contributed by atoms with Crippen LogP contribution in [0, 0.1) is 13.8 Å². The maximum absolute atomic E-state index is 6.31. The molecule has 1 aliphatic heterocycles. The molecule has 0 spiro atoms. The van der Waals surface area contributed by atoms with Gasteiger partial charge in [0.2, 0.25) is 5.88 Å². The van der Waals surface area contributed by atoms with Gasteiger partial charge in [0.15, 0.2) is 5.82 Å². The predicted molar refractivity (Wildman–Crippen MR) is 98.1 cm³/mol. The average molecular weight is 347 g/mol. The van der Waals surface area contributed by atoms with Gasteiger partial charge in [-0.05, 0) is 63.3 Å². The van der Waals surface area contributed by atoms with E-state index in [4.69, 9.17) is 22.1 Å². The van der Waals surface area contributed by atoms with Gasteiger partial charge in [-0.25, -0.2) is 4.98 Å². The first-order chi connectivity index (χ1) is 11.5. The van der Waals surface area contributed by atoms with Crippen LogP contribution in [0.15, 0.2) is 18.5 Å². The van der Waals surface area contributed by atoms with Crippen LogP contribution in [0.25, 0.3) is 0 Å². The number of nitrogen functional groups attached to an aromatic ring is 1. The quantitative estimate of drug-likeness (QED) is 0.886. The minimum Gasteiger partial charge on any atom is -0.437 e. The lowest BCUT2D eigenvalue weighted by atomic mass is 10.0. The van der Waals surface area contributed by atoms with E-state index in [0.717, 1.165) is 41.4 Å². The zero-order valence-corrected chi connectivity index (χ0v) is 15.1. The van der Waals surface area contributed by atoms with Crippen LogP contribution in [-0.4, -0.2) is 22.6 Å². The predicted octanol–water partition coefficient (Wildman–Crippen LogP) is 4.50. The molecule has 24 heavy (non-hydrogen) atoms. The van der Waals surface area contributed by atoms with Crippen molar-refractivity contribution in [2.24, 2.45) is 0 Å². The van der Waals surface area contributed by atoms with Gasteiger partial charge in [0.25, 0.3) is 0 Å². The SMILES string of the molecule is Cc1cc(Oc2ncnc(N3CCCCC3C)c2N)cc(C)c1Cl. The molecule has 0 saturated carbocycles. The number of halogens is 1. The van der Waals surface area contributed by atoms with Crippen LogP contribution >= 0.6 is 11.6 Å². The summed E-state index contributed by atoms with van der Waals surface area (Å²) >= 11 is 6.21. The summed E-state index contributed by atoms with van der Waals surface area (Å²) in [5.41, 5.74) is 8.72. The molecule has 0 bridgehead atoms. The fourth-order valence-electron chi connectivity index (χ4n) is 3.17. The van der Waals surface area contributed by atoms with E-state index < -0.39 is 0 Å². The highest BCUT2D eigenvalue weighted by atomic mass is 35.5. The maximum Gasteiger partial charge on any atom is 0.248 e. The smallest absolute Gasteiger partial charge is 0.248 e. The molecule has 1 unspecified atom stereocenters. The van der Waals surface area contributed by atoms with Crippen LogP contribution < -0.4 is 15.4 Å². The molecule has 1 atom stereocenters. The highest BCUT2D eigenvalue weighted by Crippen LogP contribution is 2.35. The van der Waals surface area contributed by atoms with Crippen molar-refractivity contribution in [2.45, 2.75) is 46.1 Å². The highest BCUT2D eigenvalue weighted by Gasteiger charge is 2.23. The van der Waals surface area contributed by atoms with Crippen LogP contribution in [0.5, 0.6) is 11.6 Å². The second kappa shape index (κ2) is 6.85. The lowest BCUT2D eigenvalue weighted by Gasteiger charge is -2.35. The van der Waals surface area contributed by atoms with Gasteiger partial charge in [-0.15, -0.1) is 0 Å². The van der Waals surface area contributed by atoms with E-state index in [1.54, 1.807) is 0 Å². The van der Waals surface area contributed by atoms with Crippen LogP contribution in [-0.2, 0) is 0 Å². The molecule has 0 aliphatic carbocycles. The molecule has 1 fully saturated rings. The lowest BCUT2D eigenvalue weighted by molar-refractivity contribution is 0.458. The number of piperidine rings is 1. The van der Waals surface area contributed by atoms with E-state index >= 15 is 0 Å². The summed E-state index contributed by atoms with van der Waals surface area (Å²) in [6, 6.07) is 4.20. The normalized spacial score (nSPS) is 17.8. The van der Waals surface area contributed by atoms with Crippen LogP contribution in [0.1, 0.15) is 37.3 Å². The third-order valence-corrected chi connectivity index (χ3v) is 5.12. The largest absolute Gasteiger partial charge is 0.437 e. The van der Waals surface area contributed by atoms with Gasteiger partial charge in [-0.3, -0.25) is 0 Å². The standard InChI is InChI=1S/C18H23ClN4O/c1-11-8-14(9-12(2)15(11)19)24-18-16(20)17(21-10-22-18)23-7-5-4-6-13(23)3/h8-10,13H,4-7,20H2,1-3H3. The van der Waals surface area contributed by atoms with Crippen molar-refractivity contribution in [2.75, 3.05) is 17.2 Å². The zero-order chi connectivity index (χ0) is 17.3. The molecule has 1 saturated heterocycles. The molecule has 6 heteroatoms. The van der Waals surface area contributed by atoms with E-state index in [-0.39, 0.29) is 0 Å². The molecule has 0 amide bonds. The molecule has 3 rings (SSSR count). The Morgan fingerprint density at radius 1 is 1.21 bits per heavy atom. The van der Waals surface area contributed by atoms with E-state index in [0.29, 0.717) is 23.4 Å². The summed E-state index contributed by atoms with van der Waals surface area (Å²) in [7, 11) is 0. The molecule has 2 N–H and O–H groups in total. The molecular weight excluding hydrogens is 324 g/mol. The topological polar surface area (TPSA) is 64.3 Å². The Labute approximate surface area is 147 Å². The first-order valence-electron chi connectivity index (χ1n) is 8.29. The molecule has 1 aromatic carbocycles. The Bertz CT molecular complexity index is 727. The summed E-state index contributed by atoms with van der Waals surface area (Å²) in [6.07, 6.45) is 5.06. The van der Waals surface area contributed by atoms with Gasteiger partial charge in [0.1, 0.15) is 17.8 Å². The van der Waals surface area contributed by atoms with Crippen LogP contribution in [0.4, 0.5) is 11.5 Å². The Hall–Kier alpha value is -2.01. The summed E-state index contributed by atoms with van der Waals surface area (Å²) in [6.45, 7) is 7.06. The van der Waals surface area contributed by atoms with Crippen LogP contribution in [0.3, 0.4) is 0 Å². The first kappa shape index (κ1) is 16.8. The van der Waals surface area contributed by atoms with Crippen molar-refractivity contribution in [3.63, 3.8) is 0 Å². The minimum atomic E-state index is 0.388. The van der Waals surface area contributed by atoms with Gasteiger partial charge in [0, 0.05) is 17.6 Å². The average Bonchev–Trinajstić information content (AvgIpc) is 2.55. The first-order valence-corrected chi connectivity index (χ1v) is 8.67. The van der Waals surface area contributed by atoms with E-state index in [9.17, 15) is 0 Å². The third kappa shape index (κ3) is 3.26. The number of hydrogen-bond acceptors (Lipinski definition) is 5. The van der Waals surface area contributed by atoms with Crippen molar-refractivity contribution in [3.8, 4) is 11.6 Å². The van der Waals surface area contributed by atoms with Crippen molar-refractivity contribution in [1.29, 1.82) is 0 Å². The molecule has 2 heterocycles. The molecule has 5 nitrogen and oxygen atoms in total. The summed E-state index contributed by atoms with van der Waals surface area (Å²) < 4.78 is 5.93.